The van der Waals surface area contributed by atoms with E-state index < -0.39 is 12.0 Å². The van der Waals surface area contributed by atoms with Crippen molar-refractivity contribution in [1.29, 1.82) is 0 Å². The number of esters is 1. The lowest BCUT2D eigenvalue weighted by Gasteiger charge is -2.25. The Morgan fingerprint density at radius 2 is 1.95 bits per heavy atom. The minimum Gasteiger partial charge on any atom is -0.493 e. The molecule has 1 heterocycles. The van der Waals surface area contributed by atoms with Gasteiger partial charge in [0.1, 0.15) is 6.29 Å². The van der Waals surface area contributed by atoms with Gasteiger partial charge in [-0.25, -0.2) is 4.79 Å². The molecule has 1 N–H and O–H groups in total. The fraction of sp³-hybridized carbons (Fsp3) is 0.333. The first-order valence-electron chi connectivity index (χ1n) is 6.50. The summed E-state index contributed by atoms with van der Waals surface area (Å²) in [6.07, 6.45) is 2.29. The van der Waals surface area contributed by atoms with Crippen LogP contribution in [-0.2, 0) is 14.3 Å². The number of carbonyl (C=O) groups is 2. The van der Waals surface area contributed by atoms with Crippen LogP contribution in [0.2, 0.25) is 0 Å². The molecule has 6 nitrogen and oxygen atoms in total. The molecule has 1 atom stereocenters. The van der Waals surface area contributed by atoms with Crippen molar-refractivity contribution in [3.8, 4) is 11.5 Å². The van der Waals surface area contributed by atoms with Crippen LogP contribution in [0, 0.1) is 0 Å². The summed E-state index contributed by atoms with van der Waals surface area (Å²) in [5.41, 5.74) is 1.74. The molecule has 21 heavy (non-hydrogen) atoms. The largest absolute Gasteiger partial charge is 0.493 e. The van der Waals surface area contributed by atoms with Crippen molar-refractivity contribution in [2.45, 2.75) is 13.0 Å². The average Bonchev–Trinajstić information content (AvgIpc) is 2.52. The first-order chi connectivity index (χ1) is 10.1. The van der Waals surface area contributed by atoms with E-state index in [0.717, 1.165) is 5.56 Å². The number of hydrogen-bond acceptors (Lipinski definition) is 6. The second kappa shape index (κ2) is 6.30. The Morgan fingerprint density at radius 3 is 2.52 bits per heavy atom. The number of fused-ring (bicyclic) bond motifs is 1. The van der Waals surface area contributed by atoms with Gasteiger partial charge in [0.15, 0.2) is 17.5 Å². The van der Waals surface area contributed by atoms with E-state index in [1.54, 1.807) is 25.1 Å². The molecule has 0 saturated carbocycles. The summed E-state index contributed by atoms with van der Waals surface area (Å²) >= 11 is 0. The second-order valence-corrected chi connectivity index (χ2v) is 4.39. The number of ether oxygens (including phenoxy) is 3. The number of aldehydes is 1. The van der Waals surface area contributed by atoms with Gasteiger partial charge in [-0.15, -0.1) is 0 Å². The Labute approximate surface area is 122 Å². The summed E-state index contributed by atoms with van der Waals surface area (Å²) in [5.74, 6) is 0.597. The van der Waals surface area contributed by atoms with Crippen LogP contribution >= 0.6 is 0 Å². The molecule has 1 aliphatic rings. The highest BCUT2D eigenvalue weighted by Crippen LogP contribution is 2.37. The van der Waals surface area contributed by atoms with Crippen LogP contribution in [0.4, 0.5) is 5.69 Å². The summed E-state index contributed by atoms with van der Waals surface area (Å²) in [7, 11) is 3.06. The van der Waals surface area contributed by atoms with Crippen LogP contribution in [0.3, 0.4) is 0 Å². The zero-order valence-corrected chi connectivity index (χ0v) is 12.1. The summed E-state index contributed by atoms with van der Waals surface area (Å²) in [6.45, 7) is 1.97. The van der Waals surface area contributed by atoms with Crippen molar-refractivity contribution in [3.63, 3.8) is 0 Å². The van der Waals surface area contributed by atoms with E-state index in [-0.39, 0.29) is 6.61 Å². The Kier molecular flexibility index (Phi) is 4.47. The third-order valence-corrected chi connectivity index (χ3v) is 3.17. The molecule has 0 aromatic heterocycles. The zero-order valence-electron chi connectivity index (χ0n) is 12.1. The van der Waals surface area contributed by atoms with Crippen LogP contribution in [0.25, 0.3) is 6.08 Å². The smallest absolute Gasteiger partial charge is 0.333 e. The van der Waals surface area contributed by atoms with E-state index in [2.05, 4.69) is 5.32 Å². The highest BCUT2D eigenvalue weighted by Gasteiger charge is 2.29. The van der Waals surface area contributed by atoms with Crippen molar-refractivity contribution in [2.24, 2.45) is 0 Å². The van der Waals surface area contributed by atoms with E-state index >= 15 is 0 Å². The molecular formula is C15H17NO5. The molecular weight excluding hydrogens is 274 g/mol. The molecule has 0 saturated heterocycles. The topological polar surface area (TPSA) is 73.9 Å². The maximum absolute atomic E-state index is 11.9. The van der Waals surface area contributed by atoms with Gasteiger partial charge in [0.2, 0.25) is 0 Å². The monoisotopic (exact) mass is 291 g/mol. The standard InChI is InChI=1S/C15H17NO5/c1-4-21-15(18)14-10(8-17)5-9-6-12(19-2)13(20-3)7-11(9)16-14/h5-8,14,16H,4H2,1-3H3/t14-/m0/s1. The molecule has 0 aliphatic carbocycles. The van der Waals surface area contributed by atoms with E-state index in [4.69, 9.17) is 14.2 Å². The quantitative estimate of drug-likeness (QED) is 0.657. The first kappa shape index (κ1) is 14.9. The molecule has 1 aliphatic heterocycles. The minimum absolute atomic E-state index is 0.252. The van der Waals surface area contributed by atoms with E-state index in [9.17, 15) is 9.59 Å². The SMILES string of the molecule is CCOC(=O)[C@H]1Nc2cc(OC)c(OC)cc2C=C1C=O. The lowest BCUT2D eigenvalue weighted by atomic mass is 9.98. The van der Waals surface area contributed by atoms with Gasteiger partial charge in [-0.2, -0.15) is 0 Å². The maximum atomic E-state index is 11.9. The van der Waals surface area contributed by atoms with Gasteiger partial charge in [0.25, 0.3) is 0 Å². The Balaban J connectivity index is 2.44. The fourth-order valence-corrected chi connectivity index (χ4v) is 2.16. The Morgan fingerprint density at radius 1 is 1.29 bits per heavy atom. The maximum Gasteiger partial charge on any atom is 0.333 e. The number of carbonyl (C=O) groups excluding carboxylic acids is 2. The number of rotatable bonds is 5. The summed E-state index contributed by atoms with van der Waals surface area (Å²) < 4.78 is 15.4. The number of anilines is 1. The van der Waals surface area contributed by atoms with Crippen LogP contribution in [0.15, 0.2) is 17.7 Å². The highest BCUT2D eigenvalue weighted by atomic mass is 16.5. The average molecular weight is 291 g/mol. The molecule has 0 bridgehead atoms. The number of hydrogen-bond donors (Lipinski definition) is 1. The highest BCUT2D eigenvalue weighted by molar-refractivity contribution is 6.00. The first-order valence-corrected chi connectivity index (χ1v) is 6.50. The van der Waals surface area contributed by atoms with Crippen LogP contribution in [-0.4, -0.2) is 39.1 Å². The van der Waals surface area contributed by atoms with Gasteiger partial charge >= 0.3 is 5.97 Å². The van der Waals surface area contributed by atoms with Crippen molar-refractivity contribution in [1.82, 2.24) is 0 Å². The predicted molar refractivity (Wildman–Crippen MR) is 77.6 cm³/mol. The van der Waals surface area contributed by atoms with Crippen LogP contribution in [0.1, 0.15) is 12.5 Å². The fourth-order valence-electron chi connectivity index (χ4n) is 2.16. The molecule has 0 amide bonds. The van der Waals surface area contributed by atoms with Crippen LogP contribution in [0.5, 0.6) is 11.5 Å². The summed E-state index contributed by atoms with van der Waals surface area (Å²) in [5, 5.41) is 3.00. The minimum atomic E-state index is -0.812. The van der Waals surface area contributed by atoms with Crippen molar-refractivity contribution >= 4 is 24.0 Å². The summed E-state index contributed by atoms with van der Waals surface area (Å²) in [4.78, 5) is 23.1. The zero-order chi connectivity index (χ0) is 15.4. The third-order valence-electron chi connectivity index (χ3n) is 3.17. The molecule has 1 aromatic rings. The lowest BCUT2D eigenvalue weighted by molar-refractivity contribution is -0.143. The predicted octanol–water partition coefficient (Wildman–Crippen LogP) is 1.64. The molecule has 2 rings (SSSR count). The van der Waals surface area contributed by atoms with E-state index in [0.29, 0.717) is 29.0 Å². The molecule has 1 aromatic carbocycles. The molecule has 0 unspecified atom stereocenters. The van der Waals surface area contributed by atoms with Gasteiger partial charge in [-0.3, -0.25) is 4.79 Å². The Hall–Kier alpha value is -2.50. The molecule has 0 fully saturated rings. The van der Waals surface area contributed by atoms with E-state index in [1.807, 2.05) is 0 Å². The molecule has 0 spiro atoms. The molecule has 0 radical (unpaired) electrons. The normalized spacial score (nSPS) is 16.1. The third kappa shape index (κ3) is 2.84. The van der Waals surface area contributed by atoms with Gasteiger partial charge in [0.05, 0.1) is 20.8 Å². The lowest BCUT2D eigenvalue weighted by Crippen LogP contribution is -2.35. The van der Waals surface area contributed by atoms with Gasteiger partial charge in [0, 0.05) is 22.9 Å². The van der Waals surface area contributed by atoms with Crippen molar-refractivity contribution in [3.05, 3.63) is 23.3 Å². The van der Waals surface area contributed by atoms with E-state index in [1.165, 1.54) is 14.2 Å². The molecule has 112 valence electrons. The van der Waals surface area contributed by atoms with Crippen LogP contribution < -0.4 is 14.8 Å². The number of methoxy groups -OCH3 is 2. The Bertz CT molecular complexity index is 594. The van der Waals surface area contributed by atoms with Gasteiger partial charge < -0.3 is 19.5 Å². The number of nitrogens with one attached hydrogen (secondary N) is 1. The van der Waals surface area contributed by atoms with Gasteiger partial charge in [-0.05, 0) is 19.1 Å². The second-order valence-electron chi connectivity index (χ2n) is 4.39. The van der Waals surface area contributed by atoms with Gasteiger partial charge in [-0.1, -0.05) is 0 Å². The molecule has 6 heteroatoms. The van der Waals surface area contributed by atoms with Crippen molar-refractivity contribution < 1.29 is 23.8 Å². The van der Waals surface area contributed by atoms with Crippen molar-refractivity contribution in [2.75, 3.05) is 26.1 Å². The summed E-state index contributed by atoms with van der Waals surface area (Å²) in [6, 6.07) is 2.65. The number of benzene rings is 1.